The van der Waals surface area contributed by atoms with E-state index in [0.29, 0.717) is 11.5 Å². The van der Waals surface area contributed by atoms with E-state index in [1.165, 1.54) is 0 Å². The van der Waals surface area contributed by atoms with E-state index in [4.69, 9.17) is 0 Å². The number of benzene rings is 1. The monoisotopic (exact) mass is 311 g/mol. The van der Waals surface area contributed by atoms with Crippen LogP contribution in [0.1, 0.15) is 41.8 Å². The normalized spacial score (nSPS) is 10.7. The molecule has 0 aliphatic heterocycles. The molecule has 0 aliphatic rings. The molecular formula is C19H25N3O. The van der Waals surface area contributed by atoms with Crippen molar-refractivity contribution in [2.75, 3.05) is 17.2 Å². The van der Waals surface area contributed by atoms with E-state index in [1.54, 1.807) is 12.4 Å². The smallest absolute Gasteiger partial charge is 0.257 e. The summed E-state index contributed by atoms with van der Waals surface area (Å²) in [5, 5.41) is 6.30. The molecule has 23 heavy (non-hydrogen) atoms. The number of amides is 1. The maximum Gasteiger partial charge on any atom is 0.257 e. The Labute approximate surface area is 138 Å². The van der Waals surface area contributed by atoms with Gasteiger partial charge in [-0.3, -0.25) is 9.78 Å². The SMILES string of the molecule is Cc1cccc(C)c1NC(=O)c1cncc(NCCC(C)C)c1. The predicted octanol–water partition coefficient (Wildman–Crippen LogP) is 4.41. The number of rotatable bonds is 6. The summed E-state index contributed by atoms with van der Waals surface area (Å²) < 4.78 is 0. The van der Waals surface area contributed by atoms with Crippen LogP contribution >= 0.6 is 0 Å². The molecule has 1 aromatic heterocycles. The largest absolute Gasteiger partial charge is 0.384 e. The number of hydrogen-bond acceptors (Lipinski definition) is 3. The molecule has 4 heteroatoms. The highest BCUT2D eigenvalue weighted by molar-refractivity contribution is 6.05. The van der Waals surface area contributed by atoms with E-state index < -0.39 is 0 Å². The summed E-state index contributed by atoms with van der Waals surface area (Å²) in [6.45, 7) is 9.24. The lowest BCUT2D eigenvalue weighted by molar-refractivity contribution is 0.102. The van der Waals surface area contributed by atoms with Gasteiger partial charge in [-0.05, 0) is 43.4 Å². The van der Waals surface area contributed by atoms with Crippen LogP contribution in [0.5, 0.6) is 0 Å². The summed E-state index contributed by atoms with van der Waals surface area (Å²) in [6, 6.07) is 7.81. The molecule has 2 aromatic rings. The minimum Gasteiger partial charge on any atom is -0.384 e. The van der Waals surface area contributed by atoms with Crippen molar-refractivity contribution in [1.82, 2.24) is 4.98 Å². The average Bonchev–Trinajstić information content (AvgIpc) is 2.51. The summed E-state index contributed by atoms with van der Waals surface area (Å²) in [7, 11) is 0. The Morgan fingerprint density at radius 3 is 2.52 bits per heavy atom. The van der Waals surface area contributed by atoms with Crippen LogP contribution in [-0.2, 0) is 0 Å². The van der Waals surface area contributed by atoms with Crippen LogP contribution in [0.3, 0.4) is 0 Å². The summed E-state index contributed by atoms with van der Waals surface area (Å²) in [5.74, 6) is 0.508. The summed E-state index contributed by atoms with van der Waals surface area (Å²) in [5.41, 5.74) is 4.41. The molecule has 2 rings (SSSR count). The lowest BCUT2D eigenvalue weighted by Crippen LogP contribution is -2.14. The second-order valence-electron chi connectivity index (χ2n) is 6.29. The zero-order valence-corrected chi connectivity index (χ0v) is 14.3. The van der Waals surface area contributed by atoms with Gasteiger partial charge in [-0.25, -0.2) is 0 Å². The Balaban J connectivity index is 2.08. The first-order valence-electron chi connectivity index (χ1n) is 8.04. The van der Waals surface area contributed by atoms with Gasteiger partial charge in [0, 0.05) is 24.6 Å². The van der Waals surface area contributed by atoms with Gasteiger partial charge in [0.2, 0.25) is 0 Å². The number of carbonyl (C=O) groups excluding carboxylic acids is 1. The van der Waals surface area contributed by atoms with Gasteiger partial charge in [0.1, 0.15) is 0 Å². The number of aromatic nitrogens is 1. The maximum absolute atomic E-state index is 12.5. The van der Waals surface area contributed by atoms with Crippen molar-refractivity contribution < 1.29 is 4.79 Å². The van der Waals surface area contributed by atoms with E-state index in [1.807, 2.05) is 38.1 Å². The molecule has 0 spiro atoms. The second kappa shape index (κ2) is 7.77. The van der Waals surface area contributed by atoms with Crippen LogP contribution < -0.4 is 10.6 Å². The molecule has 1 aromatic carbocycles. The molecule has 122 valence electrons. The third-order valence-corrected chi connectivity index (χ3v) is 3.77. The van der Waals surface area contributed by atoms with Crippen molar-refractivity contribution in [3.05, 3.63) is 53.3 Å². The molecular weight excluding hydrogens is 286 g/mol. The van der Waals surface area contributed by atoms with Gasteiger partial charge in [-0.15, -0.1) is 0 Å². The van der Waals surface area contributed by atoms with Crippen LogP contribution in [0.15, 0.2) is 36.7 Å². The molecule has 2 N–H and O–H groups in total. The minimum absolute atomic E-state index is 0.137. The van der Waals surface area contributed by atoms with Crippen molar-refractivity contribution in [2.45, 2.75) is 34.1 Å². The first-order valence-corrected chi connectivity index (χ1v) is 8.04. The maximum atomic E-state index is 12.5. The molecule has 1 heterocycles. The Kier molecular flexibility index (Phi) is 5.74. The Bertz CT molecular complexity index is 660. The van der Waals surface area contributed by atoms with Gasteiger partial charge < -0.3 is 10.6 Å². The molecule has 0 unspecified atom stereocenters. The van der Waals surface area contributed by atoms with Gasteiger partial charge >= 0.3 is 0 Å². The van der Waals surface area contributed by atoms with Crippen molar-refractivity contribution >= 4 is 17.3 Å². The Morgan fingerprint density at radius 1 is 1.17 bits per heavy atom. The van der Waals surface area contributed by atoms with Crippen LogP contribution in [0.4, 0.5) is 11.4 Å². The van der Waals surface area contributed by atoms with Gasteiger partial charge in [0.25, 0.3) is 5.91 Å². The lowest BCUT2D eigenvalue weighted by Gasteiger charge is -2.12. The van der Waals surface area contributed by atoms with E-state index in [9.17, 15) is 4.79 Å². The van der Waals surface area contributed by atoms with Crippen molar-refractivity contribution in [3.63, 3.8) is 0 Å². The highest BCUT2D eigenvalue weighted by Gasteiger charge is 2.10. The molecule has 0 aliphatic carbocycles. The number of para-hydroxylation sites is 1. The first kappa shape index (κ1) is 17.0. The quantitative estimate of drug-likeness (QED) is 0.831. The van der Waals surface area contributed by atoms with Gasteiger partial charge in [0.15, 0.2) is 0 Å². The second-order valence-corrected chi connectivity index (χ2v) is 6.29. The number of nitrogens with one attached hydrogen (secondary N) is 2. The fourth-order valence-corrected chi connectivity index (χ4v) is 2.36. The standard InChI is InChI=1S/C19H25N3O/c1-13(2)8-9-21-17-10-16(11-20-12-17)19(23)22-18-14(3)6-5-7-15(18)4/h5-7,10-13,21H,8-9H2,1-4H3,(H,22,23). The van der Waals surface area contributed by atoms with Crippen LogP contribution in [-0.4, -0.2) is 17.4 Å². The van der Waals surface area contributed by atoms with E-state index in [2.05, 4.69) is 29.5 Å². The number of nitrogens with zero attached hydrogens (tertiary/aromatic N) is 1. The van der Waals surface area contributed by atoms with Crippen molar-refractivity contribution in [1.29, 1.82) is 0 Å². The van der Waals surface area contributed by atoms with Crippen LogP contribution in [0.25, 0.3) is 0 Å². The number of pyridine rings is 1. The molecule has 0 bridgehead atoms. The molecule has 0 fully saturated rings. The predicted molar refractivity (Wildman–Crippen MR) is 96.1 cm³/mol. The highest BCUT2D eigenvalue weighted by Crippen LogP contribution is 2.20. The lowest BCUT2D eigenvalue weighted by atomic mass is 10.1. The van der Waals surface area contributed by atoms with Gasteiger partial charge in [0.05, 0.1) is 11.3 Å². The average molecular weight is 311 g/mol. The van der Waals surface area contributed by atoms with Gasteiger partial charge in [-0.2, -0.15) is 0 Å². The summed E-state index contributed by atoms with van der Waals surface area (Å²) in [6.07, 6.45) is 4.42. The topological polar surface area (TPSA) is 54.0 Å². The molecule has 0 radical (unpaired) electrons. The Hall–Kier alpha value is -2.36. The third-order valence-electron chi connectivity index (χ3n) is 3.77. The number of carbonyl (C=O) groups is 1. The minimum atomic E-state index is -0.137. The van der Waals surface area contributed by atoms with Gasteiger partial charge in [-0.1, -0.05) is 32.0 Å². The Morgan fingerprint density at radius 2 is 1.87 bits per heavy atom. The zero-order valence-electron chi connectivity index (χ0n) is 14.3. The zero-order chi connectivity index (χ0) is 16.8. The molecule has 0 saturated carbocycles. The first-order chi connectivity index (χ1) is 11.0. The van der Waals surface area contributed by atoms with E-state index >= 15 is 0 Å². The van der Waals surface area contributed by atoms with E-state index in [-0.39, 0.29) is 5.91 Å². The molecule has 1 amide bonds. The highest BCUT2D eigenvalue weighted by atomic mass is 16.1. The number of hydrogen-bond donors (Lipinski definition) is 2. The fraction of sp³-hybridized carbons (Fsp3) is 0.368. The van der Waals surface area contributed by atoms with Crippen molar-refractivity contribution in [3.8, 4) is 0 Å². The van der Waals surface area contributed by atoms with Crippen LogP contribution in [0, 0.1) is 19.8 Å². The fourth-order valence-electron chi connectivity index (χ4n) is 2.36. The summed E-state index contributed by atoms with van der Waals surface area (Å²) in [4.78, 5) is 16.6. The third kappa shape index (κ3) is 4.81. The van der Waals surface area contributed by atoms with E-state index in [0.717, 1.165) is 35.5 Å². The number of aryl methyl sites for hydroxylation is 2. The summed E-state index contributed by atoms with van der Waals surface area (Å²) >= 11 is 0. The molecule has 0 saturated heterocycles. The van der Waals surface area contributed by atoms with Crippen molar-refractivity contribution in [2.24, 2.45) is 5.92 Å². The molecule has 0 atom stereocenters. The van der Waals surface area contributed by atoms with Crippen LogP contribution in [0.2, 0.25) is 0 Å². The number of anilines is 2. The molecule has 4 nitrogen and oxygen atoms in total.